The van der Waals surface area contributed by atoms with Crippen LogP contribution in [0.4, 0.5) is 4.39 Å². The second kappa shape index (κ2) is 10.2. The van der Waals surface area contributed by atoms with Crippen molar-refractivity contribution in [2.45, 2.75) is 51.1 Å². The molecular weight excluding hydrogens is 396 g/mol. The molecule has 0 unspecified atom stereocenters. The molecule has 0 aliphatic heterocycles. The minimum absolute atomic E-state index is 0. The third-order valence-electron chi connectivity index (χ3n) is 4.42. The van der Waals surface area contributed by atoms with Crippen molar-refractivity contribution < 1.29 is 9.18 Å². The first-order valence-corrected chi connectivity index (χ1v) is 9.10. The number of nitrogens with two attached hydrogens (primary N) is 1. The number of halogens is 3. The molecule has 3 rings (SSSR count). The van der Waals surface area contributed by atoms with Gasteiger partial charge < -0.3 is 11.1 Å². The summed E-state index contributed by atoms with van der Waals surface area (Å²) in [6.07, 6.45) is 4.41. The molecule has 1 saturated carbocycles. The highest BCUT2D eigenvalue weighted by Crippen LogP contribution is 2.23. The summed E-state index contributed by atoms with van der Waals surface area (Å²) in [4.78, 5) is 17.7. The molecule has 0 saturated heterocycles. The monoisotopic (exact) mass is 419 g/mol. The highest BCUT2D eigenvalue weighted by atomic mass is 35.5. The number of rotatable bonds is 4. The van der Waals surface area contributed by atoms with Gasteiger partial charge in [-0.15, -0.1) is 36.2 Å². The van der Waals surface area contributed by atoms with Crippen molar-refractivity contribution in [2.24, 2.45) is 5.73 Å². The van der Waals surface area contributed by atoms with Gasteiger partial charge in [-0.2, -0.15) is 0 Å². The van der Waals surface area contributed by atoms with Gasteiger partial charge in [-0.3, -0.25) is 4.79 Å². The highest BCUT2D eigenvalue weighted by molar-refractivity contribution is 7.13. The normalized spacial score (nSPS) is 19.2. The van der Waals surface area contributed by atoms with Gasteiger partial charge in [-0.1, -0.05) is 12.1 Å². The molecule has 8 heteroatoms. The van der Waals surface area contributed by atoms with Gasteiger partial charge in [0.15, 0.2) is 0 Å². The zero-order chi connectivity index (χ0) is 17.1. The van der Waals surface area contributed by atoms with Gasteiger partial charge in [0.1, 0.15) is 10.7 Å². The molecule has 2 aromatic rings. The number of thiazole rings is 1. The molecule has 26 heavy (non-hydrogen) atoms. The Morgan fingerprint density at radius 3 is 2.46 bits per heavy atom. The SMILES string of the molecule is Cc1nc(Cc2ccc(F)cc2)sc1C(=O)NC1CCC(N)CC1.Cl.Cl. The first-order chi connectivity index (χ1) is 11.5. The van der Waals surface area contributed by atoms with Crippen LogP contribution in [0, 0.1) is 12.7 Å². The van der Waals surface area contributed by atoms with E-state index in [1.807, 2.05) is 6.92 Å². The van der Waals surface area contributed by atoms with E-state index in [0.717, 1.165) is 41.9 Å². The average molecular weight is 420 g/mol. The molecule has 1 aliphatic carbocycles. The van der Waals surface area contributed by atoms with E-state index in [9.17, 15) is 9.18 Å². The van der Waals surface area contributed by atoms with Crippen molar-refractivity contribution in [1.82, 2.24) is 10.3 Å². The lowest BCUT2D eigenvalue weighted by atomic mass is 9.92. The molecule has 1 fully saturated rings. The van der Waals surface area contributed by atoms with Gasteiger partial charge in [0.05, 0.1) is 10.7 Å². The molecule has 1 aromatic heterocycles. The van der Waals surface area contributed by atoms with Gasteiger partial charge in [0, 0.05) is 18.5 Å². The van der Waals surface area contributed by atoms with E-state index in [-0.39, 0.29) is 48.6 Å². The first-order valence-electron chi connectivity index (χ1n) is 8.28. The maximum Gasteiger partial charge on any atom is 0.263 e. The summed E-state index contributed by atoms with van der Waals surface area (Å²) in [6.45, 7) is 1.86. The zero-order valence-corrected chi connectivity index (χ0v) is 17.0. The van der Waals surface area contributed by atoms with Crippen LogP contribution in [-0.4, -0.2) is 23.0 Å². The topological polar surface area (TPSA) is 68.0 Å². The van der Waals surface area contributed by atoms with Crippen molar-refractivity contribution in [2.75, 3.05) is 0 Å². The Hall–Kier alpha value is -1.21. The van der Waals surface area contributed by atoms with Crippen LogP contribution in [0.1, 0.15) is 51.6 Å². The molecular formula is C18H24Cl2FN3OS. The molecule has 1 aliphatic rings. The summed E-state index contributed by atoms with van der Waals surface area (Å²) in [5, 5.41) is 3.98. The van der Waals surface area contributed by atoms with Crippen molar-refractivity contribution >= 4 is 42.1 Å². The molecule has 0 spiro atoms. The van der Waals surface area contributed by atoms with E-state index in [2.05, 4.69) is 10.3 Å². The number of carbonyl (C=O) groups is 1. The van der Waals surface area contributed by atoms with E-state index < -0.39 is 0 Å². The van der Waals surface area contributed by atoms with Crippen LogP contribution >= 0.6 is 36.2 Å². The Labute approximate surface area is 169 Å². The van der Waals surface area contributed by atoms with E-state index in [0.29, 0.717) is 11.3 Å². The average Bonchev–Trinajstić information content (AvgIpc) is 2.92. The first kappa shape index (κ1) is 22.8. The van der Waals surface area contributed by atoms with E-state index in [4.69, 9.17) is 5.73 Å². The lowest BCUT2D eigenvalue weighted by Gasteiger charge is -2.26. The van der Waals surface area contributed by atoms with Gasteiger partial charge in [0.25, 0.3) is 5.91 Å². The molecule has 0 bridgehead atoms. The fourth-order valence-electron chi connectivity index (χ4n) is 3.03. The molecule has 0 atom stereocenters. The van der Waals surface area contributed by atoms with Crippen molar-refractivity contribution in [3.63, 3.8) is 0 Å². The summed E-state index contributed by atoms with van der Waals surface area (Å²) in [5.41, 5.74) is 7.64. The van der Waals surface area contributed by atoms with E-state index in [1.165, 1.54) is 23.5 Å². The van der Waals surface area contributed by atoms with Crippen molar-refractivity contribution in [3.05, 3.63) is 51.2 Å². The second-order valence-corrected chi connectivity index (χ2v) is 7.49. The molecule has 1 heterocycles. The maximum absolute atomic E-state index is 13.0. The van der Waals surface area contributed by atoms with Crippen LogP contribution in [0.5, 0.6) is 0 Å². The smallest absolute Gasteiger partial charge is 0.263 e. The summed E-state index contributed by atoms with van der Waals surface area (Å²) in [7, 11) is 0. The largest absolute Gasteiger partial charge is 0.349 e. The Kier molecular flexibility index (Phi) is 8.96. The predicted octanol–water partition coefficient (Wildman–Crippen LogP) is 4.02. The summed E-state index contributed by atoms with van der Waals surface area (Å²) in [5.74, 6) is -0.294. The van der Waals surface area contributed by atoms with Crippen molar-refractivity contribution in [1.29, 1.82) is 0 Å². The van der Waals surface area contributed by atoms with Crippen LogP contribution in [-0.2, 0) is 6.42 Å². The van der Waals surface area contributed by atoms with E-state index in [1.54, 1.807) is 12.1 Å². The third kappa shape index (κ3) is 5.91. The summed E-state index contributed by atoms with van der Waals surface area (Å²) in [6, 6.07) is 6.85. The number of hydrogen-bond donors (Lipinski definition) is 2. The number of nitrogens with one attached hydrogen (secondary N) is 1. The van der Waals surface area contributed by atoms with Gasteiger partial charge in [-0.05, 0) is 50.3 Å². The zero-order valence-electron chi connectivity index (χ0n) is 14.5. The fraction of sp³-hybridized carbons (Fsp3) is 0.444. The summed E-state index contributed by atoms with van der Waals surface area (Å²) < 4.78 is 13.0. The van der Waals surface area contributed by atoms with Crippen LogP contribution < -0.4 is 11.1 Å². The number of benzene rings is 1. The minimum atomic E-state index is -0.249. The van der Waals surface area contributed by atoms with Crippen LogP contribution in [0.15, 0.2) is 24.3 Å². The Bertz CT molecular complexity index is 716. The number of carbonyl (C=O) groups excluding carboxylic acids is 1. The molecule has 1 amide bonds. The number of hydrogen-bond acceptors (Lipinski definition) is 4. The molecule has 0 radical (unpaired) electrons. The Morgan fingerprint density at radius 1 is 1.23 bits per heavy atom. The lowest BCUT2D eigenvalue weighted by Crippen LogP contribution is -2.40. The summed E-state index contributed by atoms with van der Waals surface area (Å²) >= 11 is 1.41. The third-order valence-corrected chi connectivity index (χ3v) is 5.58. The molecule has 1 aromatic carbocycles. The van der Waals surface area contributed by atoms with E-state index >= 15 is 0 Å². The number of aromatic nitrogens is 1. The molecule has 4 nitrogen and oxygen atoms in total. The quantitative estimate of drug-likeness (QED) is 0.785. The second-order valence-electron chi connectivity index (χ2n) is 6.41. The van der Waals surface area contributed by atoms with Gasteiger partial charge in [0.2, 0.25) is 0 Å². The van der Waals surface area contributed by atoms with Crippen molar-refractivity contribution in [3.8, 4) is 0 Å². The van der Waals surface area contributed by atoms with Gasteiger partial charge in [-0.25, -0.2) is 9.37 Å². The Morgan fingerprint density at radius 2 is 1.85 bits per heavy atom. The lowest BCUT2D eigenvalue weighted by molar-refractivity contribution is 0.0929. The predicted molar refractivity (Wildman–Crippen MR) is 108 cm³/mol. The minimum Gasteiger partial charge on any atom is -0.349 e. The van der Waals surface area contributed by atoms with Crippen LogP contribution in [0.25, 0.3) is 0 Å². The van der Waals surface area contributed by atoms with Crippen LogP contribution in [0.2, 0.25) is 0 Å². The van der Waals surface area contributed by atoms with Crippen LogP contribution in [0.3, 0.4) is 0 Å². The maximum atomic E-state index is 13.0. The number of aryl methyl sites for hydroxylation is 1. The number of nitrogens with zero attached hydrogens (tertiary/aromatic N) is 1. The standard InChI is InChI=1S/C18H22FN3OS.2ClH/c1-11-17(18(23)22-15-8-6-14(20)7-9-15)24-16(21-11)10-12-2-4-13(19)5-3-12;;/h2-5,14-15H,6-10,20H2,1H3,(H,22,23);2*1H. The molecule has 144 valence electrons. The number of amides is 1. The van der Waals surface area contributed by atoms with Gasteiger partial charge >= 0.3 is 0 Å². The molecule has 3 N–H and O–H groups in total. The fourth-order valence-corrected chi connectivity index (χ4v) is 4.03. The Balaban J connectivity index is 0.00000169. The highest BCUT2D eigenvalue weighted by Gasteiger charge is 2.22.